The van der Waals surface area contributed by atoms with Crippen molar-refractivity contribution in [3.8, 4) is 0 Å². The highest BCUT2D eigenvalue weighted by atomic mass is 127. The Morgan fingerprint density at radius 3 is 2.60 bits per heavy atom. The van der Waals surface area contributed by atoms with Crippen LogP contribution in [0, 0.1) is 0 Å². The van der Waals surface area contributed by atoms with Gasteiger partial charge in [-0.3, -0.25) is 0 Å². The highest BCUT2D eigenvalue weighted by Crippen LogP contribution is 2.22. The van der Waals surface area contributed by atoms with E-state index < -0.39 is 0 Å². The summed E-state index contributed by atoms with van der Waals surface area (Å²) in [5.41, 5.74) is 0.932. The lowest BCUT2D eigenvalue weighted by atomic mass is 9.94. The van der Waals surface area contributed by atoms with E-state index in [0.29, 0.717) is 19.0 Å². The van der Waals surface area contributed by atoms with Gasteiger partial charge in [0.1, 0.15) is 18.1 Å². The van der Waals surface area contributed by atoms with Crippen molar-refractivity contribution in [1.82, 2.24) is 20.6 Å². The van der Waals surface area contributed by atoms with Crippen LogP contribution in [0.3, 0.4) is 0 Å². The molecule has 0 unspecified atom stereocenters. The number of guanidine groups is 1. The Morgan fingerprint density at radius 1 is 1.07 bits per heavy atom. The van der Waals surface area contributed by atoms with E-state index in [1.807, 2.05) is 31.2 Å². The van der Waals surface area contributed by atoms with Gasteiger partial charge in [-0.1, -0.05) is 39.0 Å². The zero-order valence-corrected chi connectivity index (χ0v) is 20.4. The van der Waals surface area contributed by atoms with Gasteiger partial charge in [-0.2, -0.15) is 0 Å². The fourth-order valence-corrected chi connectivity index (χ4v) is 2.75. The van der Waals surface area contributed by atoms with E-state index in [9.17, 15) is 0 Å². The Hall–Kier alpha value is -2.36. The third kappa shape index (κ3) is 6.86. The summed E-state index contributed by atoms with van der Waals surface area (Å²) in [6, 6.07) is 12.2. The van der Waals surface area contributed by atoms with Crippen molar-refractivity contribution in [1.29, 1.82) is 0 Å². The van der Waals surface area contributed by atoms with Gasteiger partial charge in [-0.25, -0.2) is 15.0 Å². The highest BCUT2D eigenvalue weighted by molar-refractivity contribution is 14.0. The monoisotopic (exact) mass is 522 g/mol. The van der Waals surface area contributed by atoms with Crippen LogP contribution in [0.5, 0.6) is 0 Å². The first-order valence-electron chi connectivity index (χ1n) is 10.0. The second kappa shape index (κ2) is 11.1. The van der Waals surface area contributed by atoms with E-state index in [2.05, 4.69) is 63.8 Å². The molecule has 0 saturated heterocycles. The number of nitrogens with one attached hydrogen (secondary N) is 3. The first-order valence-corrected chi connectivity index (χ1v) is 10.0. The normalized spacial score (nSPS) is 11.8. The van der Waals surface area contributed by atoms with E-state index in [0.717, 1.165) is 41.5 Å². The van der Waals surface area contributed by atoms with Crippen molar-refractivity contribution < 1.29 is 4.42 Å². The Balaban J connectivity index is 0.00000320. The Kier molecular flexibility index (Phi) is 8.88. The molecule has 1 aromatic carbocycles. The summed E-state index contributed by atoms with van der Waals surface area (Å²) in [7, 11) is 0. The molecule has 7 nitrogen and oxygen atoms in total. The van der Waals surface area contributed by atoms with Crippen molar-refractivity contribution >= 4 is 46.7 Å². The average Bonchev–Trinajstić information content (AvgIpc) is 3.19. The summed E-state index contributed by atoms with van der Waals surface area (Å²) in [6.07, 6.45) is 1.78. The van der Waals surface area contributed by atoms with Gasteiger partial charge in [0.15, 0.2) is 5.96 Å². The predicted octanol–water partition coefficient (Wildman–Crippen LogP) is 4.31. The number of hydrogen-bond donors (Lipinski definition) is 3. The fourth-order valence-electron chi connectivity index (χ4n) is 2.75. The molecule has 3 aromatic rings. The summed E-state index contributed by atoms with van der Waals surface area (Å²) in [5.74, 6) is 3.08. The number of rotatable bonds is 7. The van der Waals surface area contributed by atoms with Crippen molar-refractivity contribution in [3.63, 3.8) is 0 Å². The molecule has 0 saturated carbocycles. The number of benzene rings is 1. The third-order valence-corrected chi connectivity index (χ3v) is 4.33. The number of anilines is 1. The minimum atomic E-state index is -0.0554. The van der Waals surface area contributed by atoms with Crippen LogP contribution in [0.15, 0.2) is 52.0 Å². The fraction of sp³-hybridized carbons (Fsp3) is 0.409. The molecule has 2 aromatic heterocycles. The number of fused-ring (bicyclic) bond motifs is 1. The first kappa shape index (κ1) is 23.9. The number of aliphatic imine (C=N–C) groups is 1. The number of nitrogens with zero attached hydrogens (tertiary/aromatic N) is 3. The molecule has 0 fully saturated rings. The van der Waals surface area contributed by atoms with E-state index in [-0.39, 0.29) is 29.4 Å². The van der Waals surface area contributed by atoms with Crippen LogP contribution in [-0.4, -0.2) is 35.6 Å². The predicted molar refractivity (Wildman–Crippen MR) is 134 cm³/mol. The number of para-hydroxylation sites is 1. The van der Waals surface area contributed by atoms with Gasteiger partial charge in [-0.05, 0) is 25.1 Å². The molecule has 3 rings (SSSR count). The smallest absolute Gasteiger partial charge is 0.216 e. The van der Waals surface area contributed by atoms with Crippen LogP contribution in [0.4, 0.5) is 5.82 Å². The van der Waals surface area contributed by atoms with Crippen molar-refractivity contribution in [3.05, 3.63) is 54.2 Å². The van der Waals surface area contributed by atoms with Gasteiger partial charge in [0.25, 0.3) is 0 Å². The minimum Gasteiger partial charge on any atom is -0.443 e. The van der Waals surface area contributed by atoms with Gasteiger partial charge < -0.3 is 20.4 Å². The van der Waals surface area contributed by atoms with Crippen LogP contribution in [0.1, 0.15) is 39.3 Å². The number of aromatic nitrogens is 2. The molecule has 0 aliphatic heterocycles. The number of hydrogen-bond acceptors (Lipinski definition) is 5. The average molecular weight is 522 g/mol. The van der Waals surface area contributed by atoms with E-state index in [4.69, 9.17) is 4.42 Å². The molecule has 3 N–H and O–H groups in total. The maximum atomic E-state index is 5.80. The van der Waals surface area contributed by atoms with Crippen LogP contribution in [0.25, 0.3) is 10.9 Å². The topological polar surface area (TPSA) is 87.4 Å². The first-order chi connectivity index (χ1) is 14.0. The van der Waals surface area contributed by atoms with Gasteiger partial charge >= 0.3 is 0 Å². The van der Waals surface area contributed by atoms with E-state index in [1.54, 1.807) is 6.20 Å². The zero-order chi connectivity index (χ0) is 20.7. The summed E-state index contributed by atoms with van der Waals surface area (Å²) in [6.45, 7) is 10.9. The van der Waals surface area contributed by atoms with Crippen molar-refractivity contribution in [2.45, 2.75) is 39.7 Å². The molecule has 0 aliphatic carbocycles. The summed E-state index contributed by atoms with van der Waals surface area (Å²) < 4.78 is 5.80. The molecule has 0 aliphatic rings. The van der Waals surface area contributed by atoms with Gasteiger partial charge in [-0.15, -0.1) is 24.0 Å². The Bertz CT molecular complexity index is 963. The summed E-state index contributed by atoms with van der Waals surface area (Å²) in [4.78, 5) is 13.5. The minimum absolute atomic E-state index is 0. The Labute approximate surface area is 195 Å². The largest absolute Gasteiger partial charge is 0.443 e. The van der Waals surface area contributed by atoms with Crippen molar-refractivity contribution in [2.24, 2.45) is 4.99 Å². The number of oxazole rings is 1. The lowest BCUT2D eigenvalue weighted by molar-refractivity contribution is 0.383. The SMILES string of the molecule is CCNC(=NCc1ncc(C(C)(C)C)o1)NCCNc1ccc2ccccc2n1.I. The molecule has 2 heterocycles. The molecule has 0 amide bonds. The molecule has 8 heteroatoms. The van der Waals surface area contributed by atoms with Crippen molar-refractivity contribution in [2.75, 3.05) is 25.0 Å². The molecule has 30 heavy (non-hydrogen) atoms. The molecule has 0 bridgehead atoms. The van der Waals surface area contributed by atoms with Crippen LogP contribution in [0.2, 0.25) is 0 Å². The number of pyridine rings is 1. The molecule has 162 valence electrons. The van der Waals surface area contributed by atoms with Gasteiger partial charge in [0, 0.05) is 30.4 Å². The number of halogens is 1. The zero-order valence-electron chi connectivity index (χ0n) is 18.0. The van der Waals surface area contributed by atoms with Crippen LogP contribution >= 0.6 is 24.0 Å². The lowest BCUT2D eigenvalue weighted by Crippen LogP contribution is -2.39. The summed E-state index contributed by atoms with van der Waals surface area (Å²) in [5, 5.41) is 11.0. The second-order valence-corrected chi connectivity index (χ2v) is 7.81. The summed E-state index contributed by atoms with van der Waals surface area (Å²) >= 11 is 0. The van der Waals surface area contributed by atoms with Crippen LogP contribution in [-0.2, 0) is 12.0 Å². The lowest BCUT2D eigenvalue weighted by Gasteiger charge is -2.13. The van der Waals surface area contributed by atoms with E-state index in [1.165, 1.54) is 0 Å². The molecular formula is C22H31IN6O. The maximum Gasteiger partial charge on any atom is 0.216 e. The molecule has 0 radical (unpaired) electrons. The molecular weight excluding hydrogens is 491 g/mol. The third-order valence-electron chi connectivity index (χ3n) is 4.33. The van der Waals surface area contributed by atoms with Crippen LogP contribution < -0.4 is 16.0 Å². The molecule has 0 atom stereocenters. The second-order valence-electron chi connectivity index (χ2n) is 7.81. The Morgan fingerprint density at radius 2 is 1.87 bits per heavy atom. The maximum absolute atomic E-state index is 5.80. The van der Waals surface area contributed by atoms with E-state index >= 15 is 0 Å². The van der Waals surface area contributed by atoms with Gasteiger partial charge in [0.2, 0.25) is 5.89 Å². The molecule has 0 spiro atoms. The standard InChI is InChI=1S/C22H30N6O.HI/c1-5-23-21(27-15-20-26-14-18(29-20)22(2,3)4)25-13-12-24-19-11-10-16-8-6-7-9-17(16)28-19;/h6-11,14H,5,12-13,15H2,1-4H3,(H,24,28)(H2,23,25,27);1H. The quantitative estimate of drug-likeness (QED) is 0.186. The van der Waals surface area contributed by atoms with Gasteiger partial charge in [0.05, 0.1) is 11.7 Å². The highest BCUT2D eigenvalue weighted by Gasteiger charge is 2.18.